The van der Waals surface area contributed by atoms with Crippen LogP contribution < -0.4 is 4.89 Å². The lowest BCUT2D eigenvalue weighted by atomic mass is 9.99. The van der Waals surface area contributed by atoms with Crippen LogP contribution in [-0.2, 0) is 16.2 Å². The average Bonchev–Trinajstić information content (AvgIpc) is 3.53. The summed E-state index contributed by atoms with van der Waals surface area (Å²) in [6.07, 6.45) is -1.83. The van der Waals surface area contributed by atoms with Crippen LogP contribution in [-0.4, -0.2) is 77.1 Å². The van der Waals surface area contributed by atoms with Crippen molar-refractivity contribution in [3.63, 3.8) is 0 Å². The summed E-state index contributed by atoms with van der Waals surface area (Å²) in [6, 6.07) is 15.0. The Kier molecular flexibility index (Phi) is 6.28. The van der Waals surface area contributed by atoms with E-state index in [0.717, 1.165) is 11.3 Å². The summed E-state index contributed by atoms with van der Waals surface area (Å²) in [6.45, 7) is -0.0603. The maximum Gasteiger partial charge on any atom is 0.191 e. The van der Waals surface area contributed by atoms with Crippen LogP contribution in [0, 0.1) is 0 Å². The SMILES string of the molecule is OC[C@H]1OC(O)[C@H](OOc2cccc3ncn(Cc4ccc(-n5cccn5)cc4)c23)[C@@H](O)[C@@H]1O. The number of hydrogen-bond donors (Lipinski definition) is 4. The van der Waals surface area contributed by atoms with Gasteiger partial charge in [-0.25, -0.2) is 9.67 Å². The van der Waals surface area contributed by atoms with Gasteiger partial charge in [0, 0.05) is 18.9 Å². The minimum Gasteiger partial charge on any atom is -0.394 e. The summed E-state index contributed by atoms with van der Waals surface area (Å²) in [7, 11) is 0. The fraction of sp³-hybridized carbons (Fsp3) is 0.304. The van der Waals surface area contributed by atoms with E-state index in [2.05, 4.69) is 10.1 Å². The van der Waals surface area contributed by atoms with Crippen molar-refractivity contribution in [3.05, 3.63) is 72.8 Å². The molecule has 0 amide bonds. The molecule has 2 aromatic carbocycles. The molecule has 2 aromatic heterocycles. The molecule has 1 aliphatic rings. The van der Waals surface area contributed by atoms with Gasteiger partial charge in [-0.3, -0.25) is 0 Å². The molecule has 5 rings (SSSR count). The predicted octanol–water partition coefficient (Wildman–Crippen LogP) is 0.381. The zero-order valence-electron chi connectivity index (χ0n) is 18.0. The highest BCUT2D eigenvalue weighted by Crippen LogP contribution is 2.28. The second-order valence-corrected chi connectivity index (χ2v) is 7.99. The monoisotopic (exact) mass is 468 g/mol. The zero-order chi connectivity index (χ0) is 23.7. The van der Waals surface area contributed by atoms with E-state index in [1.807, 2.05) is 47.2 Å². The molecule has 0 bridgehead atoms. The second kappa shape index (κ2) is 9.50. The van der Waals surface area contributed by atoms with Crippen LogP contribution >= 0.6 is 0 Å². The van der Waals surface area contributed by atoms with Crippen molar-refractivity contribution in [1.29, 1.82) is 0 Å². The van der Waals surface area contributed by atoms with Crippen LogP contribution in [0.1, 0.15) is 5.56 Å². The molecule has 0 saturated carbocycles. The fourth-order valence-electron chi connectivity index (χ4n) is 3.94. The molecule has 1 saturated heterocycles. The van der Waals surface area contributed by atoms with Gasteiger partial charge in [0.25, 0.3) is 0 Å². The number of aliphatic hydroxyl groups is 4. The summed E-state index contributed by atoms with van der Waals surface area (Å²) < 4.78 is 8.76. The van der Waals surface area contributed by atoms with E-state index in [-0.39, 0.29) is 0 Å². The molecular weight excluding hydrogens is 444 g/mol. The Morgan fingerprint density at radius 3 is 2.56 bits per heavy atom. The lowest BCUT2D eigenvalue weighted by Gasteiger charge is -2.38. The molecule has 0 spiro atoms. The number of para-hydroxylation sites is 1. The van der Waals surface area contributed by atoms with Gasteiger partial charge in [0.2, 0.25) is 0 Å². The Labute approximate surface area is 193 Å². The largest absolute Gasteiger partial charge is 0.394 e. The van der Waals surface area contributed by atoms with E-state index in [4.69, 9.17) is 14.5 Å². The molecule has 3 heterocycles. The quantitative estimate of drug-likeness (QED) is 0.223. The highest BCUT2D eigenvalue weighted by atomic mass is 17.2. The fourth-order valence-corrected chi connectivity index (χ4v) is 3.94. The number of imidazole rings is 1. The van der Waals surface area contributed by atoms with Crippen molar-refractivity contribution in [2.45, 2.75) is 37.3 Å². The summed E-state index contributed by atoms with van der Waals surface area (Å²) in [4.78, 5) is 15.2. The Hall–Kier alpha value is -3.32. The lowest BCUT2D eigenvalue weighted by Crippen LogP contribution is -2.59. The second-order valence-electron chi connectivity index (χ2n) is 7.99. The number of benzene rings is 2. The zero-order valence-corrected chi connectivity index (χ0v) is 18.0. The number of nitrogens with zero attached hydrogens (tertiary/aromatic N) is 4. The van der Waals surface area contributed by atoms with Crippen molar-refractivity contribution in [2.24, 2.45) is 0 Å². The maximum atomic E-state index is 10.3. The van der Waals surface area contributed by atoms with Crippen LogP contribution in [0.25, 0.3) is 16.7 Å². The van der Waals surface area contributed by atoms with Gasteiger partial charge in [-0.05, 0) is 35.9 Å². The molecule has 0 aliphatic carbocycles. The smallest absolute Gasteiger partial charge is 0.191 e. The van der Waals surface area contributed by atoms with Gasteiger partial charge in [0.1, 0.15) is 23.8 Å². The third kappa shape index (κ3) is 4.28. The van der Waals surface area contributed by atoms with Gasteiger partial charge in [-0.2, -0.15) is 9.99 Å². The highest BCUT2D eigenvalue weighted by molar-refractivity contribution is 5.82. The lowest BCUT2D eigenvalue weighted by molar-refractivity contribution is -0.364. The number of fused-ring (bicyclic) bond motifs is 1. The molecule has 1 fully saturated rings. The van der Waals surface area contributed by atoms with E-state index in [1.54, 1.807) is 29.3 Å². The van der Waals surface area contributed by atoms with Crippen molar-refractivity contribution in [1.82, 2.24) is 19.3 Å². The first-order chi connectivity index (χ1) is 16.5. The first-order valence-electron chi connectivity index (χ1n) is 10.7. The molecule has 34 heavy (non-hydrogen) atoms. The minimum absolute atomic E-state index is 0.307. The molecule has 178 valence electrons. The Bertz CT molecular complexity index is 1230. The molecule has 1 unspecified atom stereocenters. The third-order valence-corrected chi connectivity index (χ3v) is 5.75. The molecule has 11 nitrogen and oxygen atoms in total. The summed E-state index contributed by atoms with van der Waals surface area (Å²) in [5.41, 5.74) is 3.28. The molecule has 1 aliphatic heterocycles. The van der Waals surface area contributed by atoms with E-state index in [1.165, 1.54) is 0 Å². The van der Waals surface area contributed by atoms with Crippen molar-refractivity contribution in [2.75, 3.05) is 6.61 Å². The Balaban J connectivity index is 1.34. The van der Waals surface area contributed by atoms with E-state index >= 15 is 0 Å². The summed E-state index contributed by atoms with van der Waals surface area (Å²) in [5, 5.41) is 43.9. The minimum atomic E-state index is -1.60. The van der Waals surface area contributed by atoms with Gasteiger partial charge in [-0.1, -0.05) is 18.2 Å². The van der Waals surface area contributed by atoms with Gasteiger partial charge in [-0.15, -0.1) is 0 Å². The predicted molar refractivity (Wildman–Crippen MR) is 118 cm³/mol. The number of rotatable bonds is 7. The van der Waals surface area contributed by atoms with Crippen molar-refractivity contribution < 1.29 is 34.9 Å². The van der Waals surface area contributed by atoms with Crippen LogP contribution in [0.2, 0.25) is 0 Å². The number of ether oxygens (including phenoxy) is 1. The highest BCUT2D eigenvalue weighted by Gasteiger charge is 2.45. The molecule has 0 radical (unpaired) electrons. The maximum absolute atomic E-state index is 10.3. The topological polar surface area (TPSA) is 144 Å². The van der Waals surface area contributed by atoms with Crippen LogP contribution in [0.5, 0.6) is 5.75 Å². The first kappa shape index (κ1) is 22.5. The van der Waals surface area contributed by atoms with Crippen molar-refractivity contribution >= 4 is 11.0 Å². The van der Waals surface area contributed by atoms with Gasteiger partial charge >= 0.3 is 0 Å². The summed E-state index contributed by atoms with van der Waals surface area (Å²) in [5.74, 6) is 0.307. The van der Waals surface area contributed by atoms with Crippen LogP contribution in [0.4, 0.5) is 0 Å². The molecule has 4 aromatic rings. The molecule has 11 heteroatoms. The Morgan fingerprint density at radius 2 is 1.82 bits per heavy atom. The van der Waals surface area contributed by atoms with E-state index in [0.29, 0.717) is 23.3 Å². The van der Waals surface area contributed by atoms with Crippen LogP contribution in [0.15, 0.2) is 67.3 Å². The Morgan fingerprint density at radius 1 is 1.00 bits per heavy atom. The number of aliphatic hydroxyl groups excluding tert-OH is 4. The standard InChI is InChI=1S/C23H24N4O7/c28-12-18-20(29)21(30)22(23(31)32-18)34-33-17-4-1-3-16-19(17)26(13-24-16)11-14-5-7-15(8-6-14)27-10-2-9-25-27/h1-10,13,18,20-23,28-31H,11-12H2/t18-,20-,21+,22-,23?/m1/s1. The summed E-state index contributed by atoms with van der Waals surface area (Å²) >= 11 is 0. The molecule has 4 N–H and O–H groups in total. The van der Waals surface area contributed by atoms with E-state index in [9.17, 15) is 20.4 Å². The van der Waals surface area contributed by atoms with Crippen LogP contribution in [0.3, 0.4) is 0 Å². The number of aromatic nitrogens is 4. The van der Waals surface area contributed by atoms with Gasteiger partial charge in [0.05, 0.1) is 24.1 Å². The average molecular weight is 468 g/mol. The third-order valence-electron chi connectivity index (χ3n) is 5.75. The first-order valence-corrected chi connectivity index (χ1v) is 10.7. The van der Waals surface area contributed by atoms with E-state index < -0.39 is 37.3 Å². The molecule has 5 atom stereocenters. The molecular formula is C23H24N4O7. The van der Waals surface area contributed by atoms with Gasteiger partial charge < -0.3 is 34.6 Å². The van der Waals surface area contributed by atoms with Gasteiger partial charge in [0.15, 0.2) is 18.1 Å². The normalized spacial score (nSPS) is 25.0. The van der Waals surface area contributed by atoms with Crippen molar-refractivity contribution in [3.8, 4) is 11.4 Å². The number of hydrogen-bond acceptors (Lipinski definition) is 9.